The van der Waals surface area contributed by atoms with Crippen LogP contribution >= 0.6 is 11.6 Å². The number of fused-ring (bicyclic) bond motifs is 1. The fourth-order valence-corrected chi connectivity index (χ4v) is 1.34. The minimum absolute atomic E-state index is 0.211. The topological polar surface area (TPSA) is 33.1 Å². The summed E-state index contributed by atoms with van der Waals surface area (Å²) in [5.74, 6) is 0.211. The molecular weight excluding hydrogens is 174 g/mol. The second kappa shape index (κ2) is 2.64. The highest BCUT2D eigenvalue weighted by molar-refractivity contribution is 6.35. The highest BCUT2D eigenvalue weighted by Crippen LogP contribution is 2.28. The summed E-state index contributed by atoms with van der Waals surface area (Å²) in [5.41, 5.74) is 0.638. The number of phenolic OH excluding ortho intramolecular Hbond substituents is 1. The van der Waals surface area contributed by atoms with Gasteiger partial charge < -0.3 is 5.11 Å². The van der Waals surface area contributed by atoms with Gasteiger partial charge in [0.25, 0.3) is 0 Å². The molecule has 0 unspecified atom stereocenters. The van der Waals surface area contributed by atoms with E-state index in [4.69, 9.17) is 11.6 Å². The summed E-state index contributed by atoms with van der Waals surface area (Å²) in [6.07, 6.45) is 1.65. The lowest BCUT2D eigenvalue weighted by atomic mass is 10.2. The van der Waals surface area contributed by atoms with E-state index >= 15 is 0 Å². The maximum absolute atomic E-state index is 9.40. The molecule has 60 valence electrons. The fourth-order valence-electron chi connectivity index (χ4n) is 1.12. The molecule has 1 aromatic heterocycles. The first-order valence-corrected chi connectivity index (χ1v) is 3.89. The lowest BCUT2D eigenvalue weighted by Crippen LogP contribution is -1.78. The third-order valence-electron chi connectivity index (χ3n) is 1.70. The van der Waals surface area contributed by atoms with E-state index in [-0.39, 0.29) is 5.75 Å². The molecule has 0 atom stereocenters. The van der Waals surface area contributed by atoms with E-state index in [2.05, 4.69) is 4.98 Å². The van der Waals surface area contributed by atoms with Gasteiger partial charge in [-0.25, -0.2) is 0 Å². The number of nitrogens with zero attached hydrogens (tertiary/aromatic N) is 1. The van der Waals surface area contributed by atoms with Crippen molar-refractivity contribution in [2.24, 2.45) is 0 Å². The van der Waals surface area contributed by atoms with Crippen molar-refractivity contribution in [2.75, 3.05) is 0 Å². The van der Waals surface area contributed by atoms with E-state index < -0.39 is 0 Å². The van der Waals surface area contributed by atoms with Crippen molar-refractivity contribution in [3.8, 4) is 5.75 Å². The van der Waals surface area contributed by atoms with Crippen molar-refractivity contribution in [3.05, 3.63) is 35.5 Å². The van der Waals surface area contributed by atoms with Crippen LogP contribution < -0.4 is 0 Å². The molecule has 0 spiro atoms. The van der Waals surface area contributed by atoms with Crippen LogP contribution in [0, 0.1) is 0 Å². The maximum atomic E-state index is 9.40. The van der Waals surface area contributed by atoms with Gasteiger partial charge in [-0.2, -0.15) is 0 Å². The number of halogens is 1. The first kappa shape index (κ1) is 7.37. The Morgan fingerprint density at radius 1 is 1.25 bits per heavy atom. The maximum Gasteiger partial charge on any atom is 0.125 e. The first-order valence-electron chi connectivity index (χ1n) is 3.51. The van der Waals surface area contributed by atoms with E-state index in [1.807, 2.05) is 0 Å². The molecule has 2 aromatic rings. The number of benzene rings is 1. The molecule has 0 bridgehead atoms. The molecule has 0 aliphatic heterocycles. The Kier molecular flexibility index (Phi) is 1.62. The molecule has 2 nitrogen and oxygen atoms in total. The minimum Gasteiger partial charge on any atom is -0.507 e. The average Bonchev–Trinajstić information content (AvgIpc) is 2.12. The lowest BCUT2D eigenvalue weighted by Gasteiger charge is -2.00. The van der Waals surface area contributed by atoms with Gasteiger partial charge >= 0.3 is 0 Å². The zero-order valence-electron chi connectivity index (χ0n) is 6.16. The van der Waals surface area contributed by atoms with Gasteiger partial charge in [-0.05, 0) is 24.3 Å². The third-order valence-corrected chi connectivity index (χ3v) is 2.00. The smallest absolute Gasteiger partial charge is 0.125 e. The highest BCUT2D eigenvalue weighted by Gasteiger charge is 2.02. The monoisotopic (exact) mass is 179 g/mol. The molecule has 0 saturated heterocycles. The van der Waals surface area contributed by atoms with Crippen LogP contribution in [0.1, 0.15) is 0 Å². The molecule has 0 aliphatic rings. The molecule has 0 radical (unpaired) electrons. The van der Waals surface area contributed by atoms with E-state index in [0.717, 1.165) is 0 Å². The first-order chi connectivity index (χ1) is 5.79. The quantitative estimate of drug-likeness (QED) is 0.675. The lowest BCUT2D eigenvalue weighted by molar-refractivity contribution is 0.481. The Hall–Kier alpha value is -1.28. The second-order valence-corrected chi connectivity index (χ2v) is 2.87. The Bertz CT molecular complexity index is 387. The Labute approximate surface area is 74.4 Å². The zero-order valence-corrected chi connectivity index (χ0v) is 6.92. The average molecular weight is 180 g/mol. The molecule has 0 fully saturated rings. The largest absolute Gasteiger partial charge is 0.507 e. The van der Waals surface area contributed by atoms with Crippen LogP contribution in [0.25, 0.3) is 10.9 Å². The van der Waals surface area contributed by atoms with Gasteiger partial charge in [-0.15, -0.1) is 0 Å². The summed E-state index contributed by atoms with van der Waals surface area (Å²) in [6, 6.07) is 6.74. The van der Waals surface area contributed by atoms with Crippen LogP contribution in [-0.4, -0.2) is 10.1 Å². The number of hydrogen-bond donors (Lipinski definition) is 1. The predicted molar refractivity (Wildman–Crippen MR) is 48.4 cm³/mol. The predicted octanol–water partition coefficient (Wildman–Crippen LogP) is 2.59. The number of aromatic hydroxyl groups is 1. The number of pyridine rings is 1. The van der Waals surface area contributed by atoms with E-state index in [9.17, 15) is 5.11 Å². The molecule has 0 saturated carbocycles. The summed E-state index contributed by atoms with van der Waals surface area (Å²) < 4.78 is 0. The van der Waals surface area contributed by atoms with Crippen molar-refractivity contribution < 1.29 is 5.11 Å². The molecular formula is C9H6ClNO. The van der Waals surface area contributed by atoms with Gasteiger partial charge in [-0.1, -0.05) is 11.6 Å². The van der Waals surface area contributed by atoms with Crippen LogP contribution in [0.4, 0.5) is 0 Å². The standard InChI is InChI=1S/C9H6ClNO/c10-7-3-4-8(12)6-2-1-5-11-9(6)7/h1-5,12H. The van der Waals surface area contributed by atoms with Gasteiger partial charge in [0.05, 0.1) is 10.5 Å². The highest BCUT2D eigenvalue weighted by atomic mass is 35.5. The van der Waals surface area contributed by atoms with Gasteiger partial charge in [0.1, 0.15) is 5.75 Å². The van der Waals surface area contributed by atoms with E-state index in [0.29, 0.717) is 15.9 Å². The summed E-state index contributed by atoms with van der Waals surface area (Å²) in [7, 11) is 0. The molecule has 12 heavy (non-hydrogen) atoms. The van der Waals surface area contributed by atoms with Crippen molar-refractivity contribution in [1.82, 2.24) is 4.98 Å². The Balaban J connectivity index is 2.95. The van der Waals surface area contributed by atoms with Gasteiger partial charge in [-0.3, -0.25) is 4.98 Å². The van der Waals surface area contributed by atoms with Crippen LogP contribution in [-0.2, 0) is 0 Å². The normalized spacial score (nSPS) is 10.4. The van der Waals surface area contributed by atoms with Crippen molar-refractivity contribution in [2.45, 2.75) is 0 Å². The molecule has 0 aliphatic carbocycles. The van der Waals surface area contributed by atoms with Gasteiger partial charge in [0.2, 0.25) is 0 Å². The van der Waals surface area contributed by atoms with Crippen molar-refractivity contribution in [1.29, 1.82) is 0 Å². The minimum atomic E-state index is 0.211. The Morgan fingerprint density at radius 2 is 2.08 bits per heavy atom. The fraction of sp³-hybridized carbons (Fsp3) is 0. The number of phenols is 1. The van der Waals surface area contributed by atoms with Gasteiger partial charge in [0, 0.05) is 11.6 Å². The molecule has 3 heteroatoms. The molecule has 1 heterocycles. The molecule has 2 rings (SSSR count). The van der Waals surface area contributed by atoms with Crippen molar-refractivity contribution >= 4 is 22.5 Å². The van der Waals surface area contributed by atoms with Crippen LogP contribution in [0.3, 0.4) is 0 Å². The Morgan fingerprint density at radius 3 is 2.83 bits per heavy atom. The van der Waals surface area contributed by atoms with E-state index in [1.165, 1.54) is 0 Å². The number of rotatable bonds is 0. The van der Waals surface area contributed by atoms with E-state index in [1.54, 1.807) is 30.5 Å². The zero-order chi connectivity index (χ0) is 8.55. The number of aromatic nitrogens is 1. The third kappa shape index (κ3) is 1.01. The molecule has 0 amide bonds. The van der Waals surface area contributed by atoms with Crippen LogP contribution in [0.15, 0.2) is 30.5 Å². The molecule has 1 aromatic carbocycles. The van der Waals surface area contributed by atoms with Crippen molar-refractivity contribution in [3.63, 3.8) is 0 Å². The van der Waals surface area contributed by atoms with Crippen LogP contribution in [0.5, 0.6) is 5.75 Å². The van der Waals surface area contributed by atoms with Crippen LogP contribution in [0.2, 0.25) is 5.02 Å². The summed E-state index contributed by atoms with van der Waals surface area (Å²) >= 11 is 5.86. The summed E-state index contributed by atoms with van der Waals surface area (Å²) in [5, 5.41) is 10.6. The SMILES string of the molecule is Oc1ccc(Cl)c2ncccc12. The molecule has 1 N–H and O–H groups in total. The summed E-state index contributed by atoms with van der Waals surface area (Å²) in [4.78, 5) is 4.05. The number of hydrogen-bond acceptors (Lipinski definition) is 2. The summed E-state index contributed by atoms with van der Waals surface area (Å²) in [6.45, 7) is 0. The second-order valence-electron chi connectivity index (χ2n) is 2.47. The van der Waals surface area contributed by atoms with Gasteiger partial charge in [0.15, 0.2) is 0 Å².